The smallest absolute Gasteiger partial charge is 0.271 e. The number of hydrazone groups is 1. The molecule has 0 aromatic heterocycles. The Balaban J connectivity index is 1.60. The number of carbonyl (C=O) groups excluding carboxylic acids is 1. The predicted octanol–water partition coefficient (Wildman–Crippen LogP) is 5.16. The van der Waals surface area contributed by atoms with Crippen LogP contribution in [0.4, 0.5) is 0 Å². The lowest BCUT2D eigenvalue weighted by atomic mass is 10.0. The normalized spacial score (nSPS) is 10.9. The average Bonchev–Trinajstić information content (AvgIpc) is 2.78. The fourth-order valence-electron chi connectivity index (χ4n) is 2.87. The van der Waals surface area contributed by atoms with E-state index < -0.39 is 0 Å². The Labute approximate surface area is 177 Å². The van der Waals surface area contributed by atoms with Gasteiger partial charge in [-0.2, -0.15) is 5.10 Å². The number of benzene rings is 3. The van der Waals surface area contributed by atoms with Gasteiger partial charge in [-0.05, 0) is 52.9 Å². The van der Waals surface area contributed by atoms with Gasteiger partial charge in [0.25, 0.3) is 5.91 Å². The van der Waals surface area contributed by atoms with E-state index in [9.17, 15) is 4.79 Å². The third-order valence-corrected chi connectivity index (χ3v) is 4.64. The minimum atomic E-state index is -0.253. The van der Waals surface area contributed by atoms with E-state index in [4.69, 9.17) is 9.47 Å². The lowest BCUT2D eigenvalue weighted by Crippen LogP contribution is -2.17. The van der Waals surface area contributed by atoms with Crippen molar-refractivity contribution in [3.63, 3.8) is 0 Å². The van der Waals surface area contributed by atoms with E-state index in [1.807, 2.05) is 72.8 Å². The molecule has 0 saturated carbocycles. The molecule has 5 heteroatoms. The van der Waals surface area contributed by atoms with Crippen molar-refractivity contribution >= 4 is 12.1 Å². The summed E-state index contributed by atoms with van der Waals surface area (Å²) in [4.78, 5) is 12.2. The van der Waals surface area contributed by atoms with Gasteiger partial charge < -0.3 is 9.47 Å². The fourth-order valence-corrected chi connectivity index (χ4v) is 2.87. The summed E-state index contributed by atoms with van der Waals surface area (Å²) in [7, 11) is 1.59. The highest BCUT2D eigenvalue weighted by Gasteiger charge is 2.07. The maximum atomic E-state index is 12.2. The van der Waals surface area contributed by atoms with Crippen LogP contribution in [0.2, 0.25) is 0 Å². The number of rotatable bonds is 8. The molecular weight excluding hydrogens is 376 g/mol. The van der Waals surface area contributed by atoms with Gasteiger partial charge in [-0.1, -0.05) is 56.3 Å². The van der Waals surface area contributed by atoms with Crippen LogP contribution in [0.25, 0.3) is 0 Å². The van der Waals surface area contributed by atoms with Crippen LogP contribution in [0.5, 0.6) is 11.5 Å². The quantitative estimate of drug-likeness (QED) is 0.418. The zero-order valence-electron chi connectivity index (χ0n) is 17.5. The molecule has 1 N–H and O–H groups in total. The van der Waals surface area contributed by atoms with Gasteiger partial charge >= 0.3 is 0 Å². The summed E-state index contributed by atoms with van der Waals surface area (Å²) in [6, 6.07) is 23.0. The van der Waals surface area contributed by atoms with E-state index >= 15 is 0 Å². The Morgan fingerprint density at radius 3 is 2.40 bits per heavy atom. The highest BCUT2D eigenvalue weighted by molar-refractivity contribution is 5.95. The van der Waals surface area contributed by atoms with Gasteiger partial charge in [0.2, 0.25) is 0 Å². The second-order valence-corrected chi connectivity index (χ2v) is 7.16. The summed E-state index contributed by atoms with van der Waals surface area (Å²) in [5, 5.41) is 4.05. The van der Waals surface area contributed by atoms with Crippen LogP contribution in [0.3, 0.4) is 0 Å². The molecule has 3 rings (SSSR count). The molecule has 0 heterocycles. The summed E-state index contributed by atoms with van der Waals surface area (Å²) in [6.45, 7) is 4.69. The van der Waals surface area contributed by atoms with Crippen LogP contribution in [0, 0.1) is 0 Å². The summed E-state index contributed by atoms with van der Waals surface area (Å²) in [5.74, 6) is 1.42. The number of carbonyl (C=O) groups is 1. The van der Waals surface area contributed by atoms with Crippen LogP contribution in [0.1, 0.15) is 46.8 Å². The number of ether oxygens (including phenoxy) is 2. The highest BCUT2D eigenvalue weighted by Crippen LogP contribution is 2.28. The number of methoxy groups -OCH3 is 1. The molecule has 0 aliphatic carbocycles. The first-order valence-electron chi connectivity index (χ1n) is 9.85. The van der Waals surface area contributed by atoms with Crippen molar-refractivity contribution in [2.45, 2.75) is 26.4 Å². The molecule has 30 heavy (non-hydrogen) atoms. The van der Waals surface area contributed by atoms with E-state index in [1.54, 1.807) is 13.3 Å². The molecule has 0 atom stereocenters. The van der Waals surface area contributed by atoms with Gasteiger partial charge in [0.05, 0.1) is 13.3 Å². The van der Waals surface area contributed by atoms with Crippen molar-refractivity contribution in [1.82, 2.24) is 5.43 Å². The Hall–Kier alpha value is -3.60. The summed E-state index contributed by atoms with van der Waals surface area (Å²) < 4.78 is 11.3. The standard InChI is InChI=1S/C25H26N2O3/c1-18(2)21-10-12-22(13-11-21)25(28)27-26-16-20-9-14-23(24(15-20)29-3)30-17-19-7-5-4-6-8-19/h4-16,18H,17H2,1-3H3,(H,27,28). The lowest BCUT2D eigenvalue weighted by Gasteiger charge is -2.11. The third-order valence-electron chi connectivity index (χ3n) is 4.64. The van der Waals surface area contributed by atoms with Crippen molar-refractivity contribution in [1.29, 1.82) is 0 Å². The Bertz CT molecular complexity index is 997. The van der Waals surface area contributed by atoms with E-state index in [0.717, 1.165) is 11.1 Å². The van der Waals surface area contributed by atoms with Gasteiger partial charge in [0.1, 0.15) is 6.61 Å². The third kappa shape index (κ3) is 5.70. The molecule has 1 amide bonds. The maximum absolute atomic E-state index is 12.2. The van der Waals surface area contributed by atoms with E-state index in [-0.39, 0.29) is 5.91 Å². The number of nitrogens with one attached hydrogen (secondary N) is 1. The number of nitrogens with zero attached hydrogens (tertiary/aromatic N) is 1. The van der Waals surface area contributed by atoms with Gasteiger partial charge in [-0.25, -0.2) is 5.43 Å². The first-order chi connectivity index (χ1) is 14.6. The number of amides is 1. The van der Waals surface area contributed by atoms with Crippen molar-refractivity contribution in [2.24, 2.45) is 5.10 Å². The average molecular weight is 402 g/mol. The molecule has 5 nitrogen and oxygen atoms in total. The number of hydrogen-bond acceptors (Lipinski definition) is 4. The predicted molar refractivity (Wildman–Crippen MR) is 119 cm³/mol. The van der Waals surface area contributed by atoms with Crippen molar-refractivity contribution in [3.8, 4) is 11.5 Å². The van der Waals surface area contributed by atoms with Crippen LogP contribution < -0.4 is 14.9 Å². The molecule has 0 fully saturated rings. The zero-order chi connectivity index (χ0) is 21.3. The molecule has 0 radical (unpaired) electrons. The van der Waals surface area contributed by atoms with E-state index in [0.29, 0.717) is 29.6 Å². The Kier molecular flexibility index (Phi) is 7.22. The van der Waals surface area contributed by atoms with Gasteiger partial charge in [-0.3, -0.25) is 4.79 Å². The Morgan fingerprint density at radius 2 is 1.73 bits per heavy atom. The van der Waals surface area contributed by atoms with Crippen LogP contribution in [-0.2, 0) is 6.61 Å². The summed E-state index contributed by atoms with van der Waals surface area (Å²) >= 11 is 0. The van der Waals surface area contributed by atoms with Gasteiger partial charge in [0.15, 0.2) is 11.5 Å². The summed E-state index contributed by atoms with van der Waals surface area (Å²) in [5.41, 5.74) is 6.18. The fraction of sp³-hybridized carbons (Fsp3) is 0.200. The molecule has 0 bridgehead atoms. The maximum Gasteiger partial charge on any atom is 0.271 e. The van der Waals surface area contributed by atoms with Crippen LogP contribution in [0.15, 0.2) is 77.9 Å². The zero-order valence-corrected chi connectivity index (χ0v) is 17.5. The Morgan fingerprint density at radius 1 is 1.00 bits per heavy atom. The van der Waals surface area contributed by atoms with Crippen LogP contribution >= 0.6 is 0 Å². The van der Waals surface area contributed by atoms with Crippen molar-refractivity contribution in [2.75, 3.05) is 7.11 Å². The molecule has 3 aromatic carbocycles. The van der Waals surface area contributed by atoms with Crippen LogP contribution in [-0.4, -0.2) is 19.2 Å². The molecule has 0 saturated heterocycles. The molecule has 154 valence electrons. The lowest BCUT2D eigenvalue weighted by molar-refractivity contribution is 0.0955. The van der Waals surface area contributed by atoms with Crippen molar-refractivity contribution in [3.05, 3.63) is 95.1 Å². The molecular formula is C25H26N2O3. The largest absolute Gasteiger partial charge is 0.493 e. The van der Waals surface area contributed by atoms with Crippen molar-refractivity contribution < 1.29 is 14.3 Å². The van der Waals surface area contributed by atoms with E-state index in [2.05, 4.69) is 24.4 Å². The van der Waals surface area contributed by atoms with Gasteiger partial charge in [-0.15, -0.1) is 0 Å². The SMILES string of the molecule is COc1cc(C=NNC(=O)c2ccc(C(C)C)cc2)ccc1OCc1ccccc1. The molecule has 0 aliphatic heterocycles. The molecule has 3 aromatic rings. The van der Waals surface area contributed by atoms with E-state index in [1.165, 1.54) is 5.56 Å². The molecule has 0 aliphatic rings. The minimum absolute atomic E-state index is 0.253. The molecule has 0 spiro atoms. The first-order valence-corrected chi connectivity index (χ1v) is 9.85. The summed E-state index contributed by atoms with van der Waals surface area (Å²) in [6.07, 6.45) is 1.57. The van der Waals surface area contributed by atoms with Gasteiger partial charge in [0, 0.05) is 5.56 Å². The minimum Gasteiger partial charge on any atom is -0.493 e. The molecule has 0 unspecified atom stereocenters. The highest BCUT2D eigenvalue weighted by atomic mass is 16.5. The number of hydrogen-bond donors (Lipinski definition) is 1. The second-order valence-electron chi connectivity index (χ2n) is 7.16. The topological polar surface area (TPSA) is 59.9 Å². The monoisotopic (exact) mass is 402 g/mol. The first kappa shape index (κ1) is 21.1. The second kappa shape index (κ2) is 10.3.